The average molecular weight is 452 g/mol. The van der Waals surface area contributed by atoms with Gasteiger partial charge in [-0.3, -0.25) is 9.59 Å². The summed E-state index contributed by atoms with van der Waals surface area (Å²) in [7, 11) is 3.17. The standard InChI is InChI=1S/C24H25N3O4S/c1-15-13-16(2)25-24(22(15)23(29)27-18-7-11-20(31-4)12-8-18)32-14-21(28)26-17-5-9-19(30-3)10-6-17/h5-13H,14H2,1-4H3,(H,26,28)(H,27,29). The summed E-state index contributed by atoms with van der Waals surface area (Å²) in [4.78, 5) is 30.0. The number of aromatic nitrogens is 1. The van der Waals surface area contributed by atoms with E-state index in [1.165, 1.54) is 11.8 Å². The zero-order valence-corrected chi connectivity index (χ0v) is 19.2. The van der Waals surface area contributed by atoms with E-state index in [1.54, 1.807) is 62.8 Å². The number of carbonyl (C=O) groups excluding carboxylic acids is 2. The molecule has 0 saturated heterocycles. The van der Waals surface area contributed by atoms with Crippen molar-refractivity contribution >= 4 is 35.0 Å². The molecule has 8 heteroatoms. The molecule has 0 fully saturated rings. The molecular formula is C24H25N3O4S. The van der Waals surface area contributed by atoms with Crippen molar-refractivity contribution in [2.24, 2.45) is 0 Å². The number of benzene rings is 2. The van der Waals surface area contributed by atoms with Gasteiger partial charge in [0.1, 0.15) is 16.5 Å². The molecule has 32 heavy (non-hydrogen) atoms. The Kier molecular flexibility index (Phi) is 7.72. The Morgan fingerprint density at radius 1 is 0.875 bits per heavy atom. The van der Waals surface area contributed by atoms with E-state index in [9.17, 15) is 9.59 Å². The van der Waals surface area contributed by atoms with E-state index in [0.29, 0.717) is 33.5 Å². The fourth-order valence-corrected chi connectivity index (χ4v) is 4.00. The van der Waals surface area contributed by atoms with Gasteiger partial charge in [-0.15, -0.1) is 0 Å². The van der Waals surface area contributed by atoms with Crippen molar-refractivity contribution in [1.29, 1.82) is 0 Å². The molecule has 2 aromatic carbocycles. The number of thioether (sulfide) groups is 1. The molecule has 1 aromatic heterocycles. The number of ether oxygens (including phenoxy) is 2. The van der Waals surface area contributed by atoms with Crippen molar-refractivity contribution in [1.82, 2.24) is 4.98 Å². The van der Waals surface area contributed by atoms with E-state index in [2.05, 4.69) is 15.6 Å². The second-order valence-electron chi connectivity index (χ2n) is 7.01. The van der Waals surface area contributed by atoms with Crippen molar-refractivity contribution in [3.63, 3.8) is 0 Å². The number of nitrogens with one attached hydrogen (secondary N) is 2. The van der Waals surface area contributed by atoms with Crippen molar-refractivity contribution in [2.75, 3.05) is 30.6 Å². The summed E-state index contributed by atoms with van der Waals surface area (Å²) in [5.74, 6) is 1.06. The Hall–Kier alpha value is -3.52. The van der Waals surface area contributed by atoms with Crippen molar-refractivity contribution in [2.45, 2.75) is 18.9 Å². The molecule has 1 heterocycles. The molecule has 7 nitrogen and oxygen atoms in total. The lowest BCUT2D eigenvalue weighted by atomic mass is 10.1. The number of rotatable bonds is 8. The predicted molar refractivity (Wildman–Crippen MR) is 127 cm³/mol. The molecule has 0 atom stereocenters. The minimum atomic E-state index is -0.279. The summed E-state index contributed by atoms with van der Waals surface area (Å²) in [5, 5.41) is 6.24. The number of carbonyl (C=O) groups is 2. The molecule has 0 saturated carbocycles. The fraction of sp³-hybridized carbons (Fsp3) is 0.208. The predicted octanol–water partition coefficient (Wildman–Crippen LogP) is 4.70. The summed E-state index contributed by atoms with van der Waals surface area (Å²) in [6.07, 6.45) is 0. The zero-order chi connectivity index (χ0) is 23.1. The fourth-order valence-electron chi connectivity index (χ4n) is 3.06. The van der Waals surface area contributed by atoms with Crippen LogP contribution in [-0.2, 0) is 4.79 Å². The summed E-state index contributed by atoms with van der Waals surface area (Å²) < 4.78 is 10.3. The third-order valence-corrected chi connectivity index (χ3v) is 5.58. The first-order valence-electron chi connectivity index (χ1n) is 9.90. The molecule has 0 spiro atoms. The largest absolute Gasteiger partial charge is 0.497 e. The third-order valence-electron chi connectivity index (χ3n) is 4.60. The van der Waals surface area contributed by atoms with Gasteiger partial charge in [-0.1, -0.05) is 11.8 Å². The Morgan fingerprint density at radius 3 is 1.94 bits per heavy atom. The Morgan fingerprint density at radius 2 is 1.41 bits per heavy atom. The van der Waals surface area contributed by atoms with Gasteiger partial charge in [0.25, 0.3) is 5.91 Å². The molecule has 3 rings (SSSR count). The average Bonchev–Trinajstić information content (AvgIpc) is 2.78. The van der Waals surface area contributed by atoms with Crippen LogP contribution in [0.15, 0.2) is 59.6 Å². The van der Waals surface area contributed by atoms with E-state index in [4.69, 9.17) is 9.47 Å². The number of anilines is 2. The third kappa shape index (κ3) is 6.01. The Labute approximate surface area is 191 Å². The van der Waals surface area contributed by atoms with Crippen LogP contribution >= 0.6 is 11.8 Å². The van der Waals surface area contributed by atoms with Crippen LogP contribution in [-0.4, -0.2) is 36.8 Å². The minimum absolute atomic E-state index is 0.116. The second-order valence-corrected chi connectivity index (χ2v) is 7.97. The maximum Gasteiger partial charge on any atom is 0.258 e. The quantitative estimate of drug-likeness (QED) is 0.483. The topological polar surface area (TPSA) is 89.5 Å². The number of methoxy groups -OCH3 is 2. The highest BCUT2D eigenvalue weighted by Gasteiger charge is 2.18. The lowest BCUT2D eigenvalue weighted by Gasteiger charge is -2.13. The molecule has 0 aliphatic rings. The summed E-state index contributed by atoms with van der Waals surface area (Å²) in [5.41, 5.74) is 3.34. The van der Waals surface area contributed by atoms with Crippen LogP contribution in [0.1, 0.15) is 21.6 Å². The maximum absolute atomic E-state index is 13.0. The second kappa shape index (κ2) is 10.7. The molecule has 2 amide bonds. The lowest BCUT2D eigenvalue weighted by molar-refractivity contribution is -0.113. The van der Waals surface area contributed by atoms with Gasteiger partial charge in [0.15, 0.2) is 0 Å². The summed E-state index contributed by atoms with van der Waals surface area (Å²) >= 11 is 1.23. The smallest absolute Gasteiger partial charge is 0.258 e. The molecular weight excluding hydrogens is 426 g/mol. The molecule has 166 valence electrons. The normalized spacial score (nSPS) is 10.4. The highest BCUT2D eigenvalue weighted by Crippen LogP contribution is 2.26. The van der Waals surface area contributed by atoms with E-state index < -0.39 is 0 Å². The van der Waals surface area contributed by atoms with Gasteiger partial charge in [0.2, 0.25) is 5.91 Å². The van der Waals surface area contributed by atoms with Crippen LogP contribution < -0.4 is 20.1 Å². The minimum Gasteiger partial charge on any atom is -0.497 e. The highest BCUT2D eigenvalue weighted by atomic mass is 32.2. The SMILES string of the molecule is COc1ccc(NC(=O)CSc2nc(C)cc(C)c2C(=O)Nc2ccc(OC)cc2)cc1. The van der Waals surface area contributed by atoms with Gasteiger partial charge >= 0.3 is 0 Å². The van der Waals surface area contributed by atoms with Crippen LogP contribution in [0.5, 0.6) is 11.5 Å². The van der Waals surface area contributed by atoms with Crippen molar-refractivity contribution in [3.05, 3.63) is 71.4 Å². The Bertz CT molecular complexity index is 1100. The van der Waals surface area contributed by atoms with Gasteiger partial charge in [-0.2, -0.15) is 0 Å². The summed E-state index contributed by atoms with van der Waals surface area (Å²) in [6.45, 7) is 3.72. The first kappa shape index (κ1) is 23.1. The van der Waals surface area contributed by atoms with Crippen LogP contribution in [0.3, 0.4) is 0 Å². The number of amides is 2. The van der Waals surface area contributed by atoms with Crippen molar-refractivity contribution in [3.8, 4) is 11.5 Å². The van der Waals surface area contributed by atoms with Crippen LogP contribution in [0.4, 0.5) is 11.4 Å². The molecule has 0 unspecified atom stereocenters. The molecule has 2 N–H and O–H groups in total. The number of hydrogen-bond acceptors (Lipinski definition) is 6. The Balaban J connectivity index is 1.71. The molecule has 0 bridgehead atoms. The first-order valence-corrected chi connectivity index (χ1v) is 10.9. The van der Waals surface area contributed by atoms with Crippen LogP contribution in [0, 0.1) is 13.8 Å². The van der Waals surface area contributed by atoms with Gasteiger partial charge in [0, 0.05) is 17.1 Å². The number of pyridine rings is 1. The monoisotopic (exact) mass is 451 g/mol. The molecule has 3 aromatic rings. The molecule has 0 radical (unpaired) electrons. The zero-order valence-electron chi connectivity index (χ0n) is 18.4. The number of aryl methyl sites for hydroxylation is 2. The maximum atomic E-state index is 13.0. The van der Waals surface area contributed by atoms with E-state index in [0.717, 1.165) is 11.3 Å². The first-order chi connectivity index (χ1) is 15.4. The highest BCUT2D eigenvalue weighted by molar-refractivity contribution is 8.00. The van der Waals surface area contributed by atoms with E-state index >= 15 is 0 Å². The van der Waals surface area contributed by atoms with Crippen LogP contribution in [0.25, 0.3) is 0 Å². The number of nitrogens with zero attached hydrogens (tertiary/aromatic N) is 1. The van der Waals surface area contributed by atoms with Gasteiger partial charge in [-0.25, -0.2) is 4.98 Å². The van der Waals surface area contributed by atoms with Crippen LogP contribution in [0.2, 0.25) is 0 Å². The lowest BCUT2D eigenvalue weighted by Crippen LogP contribution is -2.18. The van der Waals surface area contributed by atoms with E-state index in [-0.39, 0.29) is 17.6 Å². The number of hydrogen-bond donors (Lipinski definition) is 2. The van der Waals surface area contributed by atoms with E-state index in [1.807, 2.05) is 19.9 Å². The van der Waals surface area contributed by atoms with Crippen molar-refractivity contribution < 1.29 is 19.1 Å². The molecule has 0 aliphatic heterocycles. The van der Waals surface area contributed by atoms with Gasteiger partial charge in [0.05, 0.1) is 25.5 Å². The van der Waals surface area contributed by atoms with Gasteiger partial charge in [-0.05, 0) is 74.0 Å². The molecule has 0 aliphatic carbocycles. The summed E-state index contributed by atoms with van der Waals surface area (Å²) in [6, 6.07) is 16.0. The van der Waals surface area contributed by atoms with Gasteiger partial charge < -0.3 is 20.1 Å².